The third kappa shape index (κ3) is 5.42. The third-order valence-electron chi connectivity index (χ3n) is 3.88. The van der Waals surface area contributed by atoms with Gasteiger partial charge in [-0.25, -0.2) is 0 Å². The van der Waals surface area contributed by atoms with Gasteiger partial charge in [-0.2, -0.15) is 0 Å². The summed E-state index contributed by atoms with van der Waals surface area (Å²) in [5.74, 6) is 0. The number of aliphatic hydroxyl groups is 2. The molecule has 0 aliphatic carbocycles. The summed E-state index contributed by atoms with van der Waals surface area (Å²) in [4.78, 5) is 2.22. The Balaban J connectivity index is 2.68. The van der Waals surface area contributed by atoms with Gasteiger partial charge in [0.05, 0.1) is 22.8 Å². The monoisotopic (exact) mass is 333 g/mol. The van der Waals surface area contributed by atoms with Crippen LogP contribution in [0.1, 0.15) is 44.8 Å². The molecule has 0 amide bonds. The fourth-order valence-electron chi connectivity index (χ4n) is 2.63. The molecule has 0 radical (unpaired) electrons. The molecule has 1 rings (SSSR count). The molecule has 0 aliphatic rings. The molecule has 3 nitrogen and oxygen atoms in total. The standard InChI is InChI=1S/C16H25Cl2NO2/c1-3-12(4-2)19(10-11-20)9-8-15(21)13-6-5-7-14(17)16(13)18/h5-7,12,15,20-21H,3-4,8-11H2,1-2H3. The van der Waals surface area contributed by atoms with Gasteiger partial charge in [-0.05, 0) is 25.3 Å². The van der Waals surface area contributed by atoms with Crippen molar-refractivity contribution in [3.63, 3.8) is 0 Å². The van der Waals surface area contributed by atoms with Crippen molar-refractivity contribution in [1.29, 1.82) is 0 Å². The van der Waals surface area contributed by atoms with E-state index in [0.717, 1.165) is 19.4 Å². The Hall–Kier alpha value is -0.320. The lowest BCUT2D eigenvalue weighted by atomic mass is 10.0. The molecule has 0 bridgehead atoms. The smallest absolute Gasteiger partial charge is 0.0817 e. The molecule has 21 heavy (non-hydrogen) atoms. The Morgan fingerprint density at radius 2 is 1.81 bits per heavy atom. The van der Waals surface area contributed by atoms with Crippen LogP contribution < -0.4 is 0 Å². The SMILES string of the molecule is CCC(CC)N(CCO)CCC(O)c1cccc(Cl)c1Cl. The number of rotatable bonds is 9. The lowest BCUT2D eigenvalue weighted by Gasteiger charge is -2.30. The number of halogens is 2. The van der Waals surface area contributed by atoms with Crippen molar-refractivity contribution >= 4 is 23.2 Å². The second-order valence-electron chi connectivity index (χ2n) is 5.18. The van der Waals surface area contributed by atoms with Gasteiger partial charge in [0.15, 0.2) is 0 Å². The van der Waals surface area contributed by atoms with Gasteiger partial charge < -0.3 is 10.2 Å². The molecule has 1 atom stereocenters. The lowest BCUT2D eigenvalue weighted by Crippen LogP contribution is -2.38. The van der Waals surface area contributed by atoms with E-state index in [0.29, 0.717) is 34.6 Å². The van der Waals surface area contributed by atoms with E-state index in [9.17, 15) is 10.2 Å². The average molecular weight is 334 g/mol. The summed E-state index contributed by atoms with van der Waals surface area (Å²) in [5, 5.41) is 20.4. The van der Waals surface area contributed by atoms with Crippen molar-refractivity contribution in [2.24, 2.45) is 0 Å². The second-order valence-corrected chi connectivity index (χ2v) is 5.96. The topological polar surface area (TPSA) is 43.7 Å². The maximum Gasteiger partial charge on any atom is 0.0817 e. The first-order valence-corrected chi connectivity index (χ1v) is 8.27. The molecule has 0 saturated heterocycles. The highest BCUT2D eigenvalue weighted by atomic mass is 35.5. The zero-order valence-corrected chi connectivity index (χ0v) is 14.2. The van der Waals surface area contributed by atoms with E-state index < -0.39 is 6.10 Å². The fourth-order valence-corrected chi connectivity index (χ4v) is 3.07. The van der Waals surface area contributed by atoms with Crippen LogP contribution in [0.2, 0.25) is 10.0 Å². The van der Waals surface area contributed by atoms with E-state index >= 15 is 0 Å². The highest BCUT2D eigenvalue weighted by molar-refractivity contribution is 6.42. The predicted molar refractivity (Wildman–Crippen MR) is 89.1 cm³/mol. The van der Waals surface area contributed by atoms with Crippen molar-refractivity contribution in [1.82, 2.24) is 4.90 Å². The second kappa shape index (κ2) is 9.65. The molecule has 1 unspecified atom stereocenters. The fraction of sp³-hybridized carbons (Fsp3) is 0.625. The molecule has 0 aliphatic heterocycles. The van der Waals surface area contributed by atoms with E-state index in [4.69, 9.17) is 23.2 Å². The molecule has 0 spiro atoms. The van der Waals surface area contributed by atoms with E-state index in [2.05, 4.69) is 18.7 Å². The number of nitrogens with zero attached hydrogens (tertiary/aromatic N) is 1. The van der Waals surface area contributed by atoms with Crippen LogP contribution in [0.15, 0.2) is 18.2 Å². The van der Waals surface area contributed by atoms with E-state index in [1.165, 1.54) is 0 Å². The van der Waals surface area contributed by atoms with Crippen LogP contribution in [0.3, 0.4) is 0 Å². The normalized spacial score (nSPS) is 13.1. The zero-order chi connectivity index (χ0) is 15.8. The first kappa shape index (κ1) is 18.7. The Morgan fingerprint density at radius 3 is 2.38 bits per heavy atom. The van der Waals surface area contributed by atoms with Crippen LogP contribution in [-0.2, 0) is 0 Å². The van der Waals surface area contributed by atoms with Crippen LogP contribution in [0.4, 0.5) is 0 Å². The molecule has 1 aromatic carbocycles. The first-order chi connectivity index (χ1) is 10.0. The third-order valence-corrected chi connectivity index (χ3v) is 4.71. The Labute approximate surface area is 137 Å². The van der Waals surface area contributed by atoms with Crippen LogP contribution in [0, 0.1) is 0 Å². The highest BCUT2D eigenvalue weighted by Crippen LogP contribution is 2.31. The van der Waals surface area contributed by atoms with Crippen molar-refractivity contribution in [3.8, 4) is 0 Å². The predicted octanol–water partition coefficient (Wildman–Crippen LogP) is 3.90. The Kier molecular flexibility index (Phi) is 8.60. The summed E-state index contributed by atoms with van der Waals surface area (Å²) in [6, 6.07) is 5.73. The van der Waals surface area contributed by atoms with Gasteiger partial charge in [-0.15, -0.1) is 0 Å². The largest absolute Gasteiger partial charge is 0.395 e. The minimum atomic E-state index is -0.647. The molecular weight excluding hydrogens is 309 g/mol. The number of hydrogen-bond donors (Lipinski definition) is 2. The zero-order valence-electron chi connectivity index (χ0n) is 12.7. The minimum Gasteiger partial charge on any atom is -0.395 e. The van der Waals surface area contributed by atoms with E-state index in [1.54, 1.807) is 18.2 Å². The Bertz CT molecular complexity index is 425. The number of hydrogen-bond acceptors (Lipinski definition) is 3. The number of benzene rings is 1. The molecule has 0 fully saturated rings. The van der Waals surface area contributed by atoms with Crippen molar-refractivity contribution < 1.29 is 10.2 Å². The summed E-state index contributed by atoms with van der Waals surface area (Å²) in [5.41, 5.74) is 0.665. The molecular formula is C16H25Cl2NO2. The van der Waals surface area contributed by atoms with E-state index in [-0.39, 0.29) is 6.61 Å². The van der Waals surface area contributed by atoms with Gasteiger partial charge >= 0.3 is 0 Å². The van der Waals surface area contributed by atoms with Crippen LogP contribution >= 0.6 is 23.2 Å². The minimum absolute atomic E-state index is 0.129. The maximum atomic E-state index is 10.3. The van der Waals surface area contributed by atoms with E-state index in [1.807, 2.05) is 0 Å². The lowest BCUT2D eigenvalue weighted by molar-refractivity contribution is 0.104. The summed E-state index contributed by atoms with van der Waals surface area (Å²) in [6.45, 7) is 5.76. The quantitative estimate of drug-likeness (QED) is 0.720. The van der Waals surface area contributed by atoms with Crippen LogP contribution in [-0.4, -0.2) is 40.9 Å². The molecule has 0 heterocycles. The van der Waals surface area contributed by atoms with Gasteiger partial charge in [-0.3, -0.25) is 4.90 Å². The molecule has 120 valence electrons. The van der Waals surface area contributed by atoms with Crippen molar-refractivity contribution in [3.05, 3.63) is 33.8 Å². The van der Waals surface area contributed by atoms with Gasteiger partial charge in [0, 0.05) is 24.7 Å². The van der Waals surface area contributed by atoms with Crippen molar-refractivity contribution in [2.75, 3.05) is 19.7 Å². The van der Waals surface area contributed by atoms with Crippen LogP contribution in [0.5, 0.6) is 0 Å². The van der Waals surface area contributed by atoms with Gasteiger partial charge in [0.1, 0.15) is 0 Å². The summed E-state index contributed by atoms with van der Waals surface area (Å²) < 4.78 is 0. The average Bonchev–Trinajstić information content (AvgIpc) is 2.48. The van der Waals surface area contributed by atoms with Gasteiger partial charge in [-0.1, -0.05) is 49.2 Å². The summed E-state index contributed by atoms with van der Waals surface area (Å²) in [6.07, 6.45) is 1.98. The summed E-state index contributed by atoms with van der Waals surface area (Å²) in [7, 11) is 0. The van der Waals surface area contributed by atoms with Gasteiger partial charge in [0.2, 0.25) is 0 Å². The maximum absolute atomic E-state index is 10.3. The van der Waals surface area contributed by atoms with Crippen molar-refractivity contribution in [2.45, 2.75) is 45.3 Å². The summed E-state index contributed by atoms with van der Waals surface area (Å²) >= 11 is 12.1. The molecule has 5 heteroatoms. The highest BCUT2D eigenvalue weighted by Gasteiger charge is 2.18. The molecule has 1 aromatic rings. The molecule has 2 N–H and O–H groups in total. The molecule has 0 saturated carbocycles. The first-order valence-electron chi connectivity index (χ1n) is 7.51. The van der Waals surface area contributed by atoms with Crippen LogP contribution in [0.25, 0.3) is 0 Å². The Morgan fingerprint density at radius 1 is 1.14 bits per heavy atom. The van der Waals surface area contributed by atoms with Gasteiger partial charge in [0.25, 0.3) is 0 Å². The molecule has 0 aromatic heterocycles. The number of aliphatic hydroxyl groups excluding tert-OH is 2.